The number of nitriles is 1. The molecule has 0 unspecified atom stereocenters. The van der Waals surface area contributed by atoms with Crippen LogP contribution in [0.15, 0.2) is 29.3 Å². The topological polar surface area (TPSA) is 137 Å². The molecule has 1 aromatic carbocycles. The van der Waals surface area contributed by atoms with E-state index in [0.29, 0.717) is 5.69 Å². The first-order valence-electron chi connectivity index (χ1n) is 10.0. The average molecular weight is 461 g/mol. The van der Waals surface area contributed by atoms with Crippen molar-refractivity contribution in [1.82, 2.24) is 19.4 Å². The van der Waals surface area contributed by atoms with Crippen molar-refractivity contribution in [2.75, 3.05) is 18.9 Å². The summed E-state index contributed by atoms with van der Waals surface area (Å²) in [7, 11) is -1.53. The van der Waals surface area contributed by atoms with Crippen molar-refractivity contribution in [2.24, 2.45) is 7.05 Å². The number of amides is 3. The number of carbonyl (C=O) groups is 2. The zero-order valence-corrected chi connectivity index (χ0v) is 19.8. The lowest BCUT2D eigenvalue weighted by molar-refractivity contribution is 0.0801. The Hall–Kier alpha value is -3.39. The summed E-state index contributed by atoms with van der Waals surface area (Å²) in [6.07, 6.45) is 0. The van der Waals surface area contributed by atoms with Gasteiger partial charge in [-0.05, 0) is 23.0 Å². The summed E-state index contributed by atoms with van der Waals surface area (Å²) in [5, 5.41) is 14.8. The molecule has 1 heterocycles. The summed E-state index contributed by atoms with van der Waals surface area (Å²) in [5.41, 5.74) is 2.31. The molecule has 0 saturated heterocycles. The molecule has 2 aromatic rings. The number of nitrogens with zero attached hydrogens (tertiary/aromatic N) is 4. The van der Waals surface area contributed by atoms with Gasteiger partial charge in [0.15, 0.2) is 5.03 Å². The second kappa shape index (κ2) is 9.82. The summed E-state index contributed by atoms with van der Waals surface area (Å²) in [6, 6.07) is 7.64. The van der Waals surface area contributed by atoms with Gasteiger partial charge in [0.05, 0.1) is 6.07 Å². The highest BCUT2D eigenvalue weighted by molar-refractivity contribution is 7.90. The van der Waals surface area contributed by atoms with Crippen LogP contribution in [0.4, 0.5) is 10.5 Å². The predicted octanol–water partition coefficient (Wildman–Crippen LogP) is 2.77. The fourth-order valence-electron chi connectivity index (χ4n) is 3.15. The highest BCUT2D eigenvalue weighted by Crippen LogP contribution is 2.32. The number of anilines is 1. The minimum atomic E-state index is -4.35. The lowest BCUT2D eigenvalue weighted by atomic mass is 9.93. The Labute approximate surface area is 188 Å². The molecule has 0 spiro atoms. The quantitative estimate of drug-likeness (QED) is 0.610. The van der Waals surface area contributed by atoms with E-state index in [1.807, 2.05) is 56.7 Å². The average Bonchev–Trinajstić information content (AvgIpc) is 3.09. The monoisotopic (exact) mass is 460 g/mol. The van der Waals surface area contributed by atoms with E-state index in [1.54, 1.807) is 0 Å². The maximum atomic E-state index is 12.7. The van der Waals surface area contributed by atoms with Gasteiger partial charge in [0, 0.05) is 25.8 Å². The van der Waals surface area contributed by atoms with Crippen LogP contribution in [-0.2, 0) is 17.1 Å². The van der Waals surface area contributed by atoms with Gasteiger partial charge in [-0.3, -0.25) is 9.48 Å². The van der Waals surface area contributed by atoms with E-state index >= 15 is 0 Å². The predicted molar refractivity (Wildman–Crippen MR) is 120 cm³/mol. The number of sulfonamides is 1. The van der Waals surface area contributed by atoms with Crippen LogP contribution in [0, 0.1) is 11.3 Å². The minimum absolute atomic E-state index is 0.0317. The van der Waals surface area contributed by atoms with Crippen molar-refractivity contribution in [3.8, 4) is 6.07 Å². The molecule has 0 bridgehead atoms. The van der Waals surface area contributed by atoms with Gasteiger partial charge in [-0.25, -0.2) is 9.52 Å². The highest BCUT2D eigenvalue weighted by Gasteiger charge is 2.26. The van der Waals surface area contributed by atoms with Crippen LogP contribution in [0.5, 0.6) is 0 Å². The SMILES string of the molecule is CC(C)c1cccc(C(C)C)c1NC(=O)NS(=O)(=O)c1cc(C(=O)N(C)CC#N)n(C)n1. The Balaban J connectivity index is 2.30. The normalized spacial score (nSPS) is 11.3. The maximum Gasteiger partial charge on any atom is 0.333 e. The van der Waals surface area contributed by atoms with Crippen molar-refractivity contribution in [2.45, 2.75) is 44.6 Å². The molecule has 0 aliphatic heterocycles. The number of aromatic nitrogens is 2. The molecule has 1 aromatic heterocycles. The Kier molecular flexibility index (Phi) is 7.64. The van der Waals surface area contributed by atoms with Crippen molar-refractivity contribution in [1.29, 1.82) is 5.26 Å². The Morgan fingerprint density at radius 1 is 1.19 bits per heavy atom. The van der Waals surface area contributed by atoms with Gasteiger partial charge in [0.25, 0.3) is 15.9 Å². The highest BCUT2D eigenvalue weighted by atomic mass is 32.2. The number of aryl methyl sites for hydroxylation is 1. The molecule has 0 atom stereocenters. The van der Waals surface area contributed by atoms with E-state index in [2.05, 4.69) is 10.4 Å². The second-order valence-corrected chi connectivity index (χ2v) is 9.62. The molecule has 0 radical (unpaired) electrons. The number of benzene rings is 1. The molecule has 3 amide bonds. The van der Waals surface area contributed by atoms with Crippen LogP contribution < -0.4 is 10.0 Å². The van der Waals surface area contributed by atoms with Gasteiger partial charge in [0.2, 0.25) is 0 Å². The molecule has 2 N–H and O–H groups in total. The first-order chi connectivity index (χ1) is 14.9. The fourth-order valence-corrected chi connectivity index (χ4v) is 4.05. The molecule has 2 rings (SSSR count). The van der Waals surface area contributed by atoms with Crippen LogP contribution >= 0.6 is 0 Å². The summed E-state index contributed by atoms with van der Waals surface area (Å²) >= 11 is 0. The molecule has 0 saturated carbocycles. The van der Waals surface area contributed by atoms with Gasteiger partial charge in [-0.1, -0.05) is 45.9 Å². The Morgan fingerprint density at radius 3 is 2.25 bits per heavy atom. The number of para-hydroxylation sites is 1. The zero-order chi connectivity index (χ0) is 24.2. The molecule has 11 heteroatoms. The Bertz CT molecular complexity index is 1140. The van der Waals surface area contributed by atoms with E-state index in [0.717, 1.165) is 26.8 Å². The van der Waals surface area contributed by atoms with E-state index in [1.165, 1.54) is 14.1 Å². The van der Waals surface area contributed by atoms with Gasteiger partial charge in [0.1, 0.15) is 12.2 Å². The summed E-state index contributed by atoms with van der Waals surface area (Å²) in [4.78, 5) is 26.1. The van der Waals surface area contributed by atoms with Gasteiger partial charge in [-0.15, -0.1) is 0 Å². The smallest absolute Gasteiger partial charge is 0.327 e. The molecule has 0 aliphatic rings. The summed E-state index contributed by atoms with van der Waals surface area (Å²) in [6.45, 7) is 7.76. The van der Waals surface area contributed by atoms with Crippen molar-refractivity contribution < 1.29 is 18.0 Å². The lowest BCUT2D eigenvalue weighted by Gasteiger charge is -2.20. The molecule has 172 valence electrons. The van der Waals surface area contributed by atoms with E-state index in [4.69, 9.17) is 5.26 Å². The van der Waals surface area contributed by atoms with Crippen molar-refractivity contribution in [3.63, 3.8) is 0 Å². The number of nitrogens with one attached hydrogen (secondary N) is 2. The van der Waals surface area contributed by atoms with E-state index < -0.39 is 27.0 Å². The van der Waals surface area contributed by atoms with Crippen LogP contribution in [0.3, 0.4) is 0 Å². The van der Waals surface area contributed by atoms with Crippen LogP contribution in [0.25, 0.3) is 0 Å². The Morgan fingerprint density at radius 2 is 1.75 bits per heavy atom. The van der Waals surface area contributed by atoms with Gasteiger partial charge >= 0.3 is 6.03 Å². The molecular weight excluding hydrogens is 432 g/mol. The molecule has 0 fully saturated rings. The molecule has 32 heavy (non-hydrogen) atoms. The van der Waals surface area contributed by atoms with Gasteiger partial charge < -0.3 is 10.2 Å². The third kappa shape index (κ3) is 5.45. The summed E-state index contributed by atoms with van der Waals surface area (Å²) in [5.74, 6) is -0.356. The van der Waals surface area contributed by atoms with Crippen molar-refractivity contribution >= 4 is 27.6 Å². The number of urea groups is 1. The first kappa shape index (κ1) is 24.9. The second-order valence-electron chi connectivity index (χ2n) is 7.99. The molecule has 10 nitrogen and oxygen atoms in total. The fraction of sp³-hybridized carbons (Fsp3) is 0.429. The number of rotatable bonds is 7. The van der Waals surface area contributed by atoms with Crippen LogP contribution in [-0.4, -0.2) is 48.6 Å². The van der Waals surface area contributed by atoms with E-state index in [-0.39, 0.29) is 24.1 Å². The zero-order valence-electron chi connectivity index (χ0n) is 19.0. The van der Waals surface area contributed by atoms with Gasteiger partial charge in [-0.2, -0.15) is 18.8 Å². The minimum Gasteiger partial charge on any atom is -0.327 e. The van der Waals surface area contributed by atoms with Crippen molar-refractivity contribution in [3.05, 3.63) is 41.1 Å². The number of hydrogen-bond acceptors (Lipinski definition) is 6. The first-order valence-corrected chi connectivity index (χ1v) is 11.5. The molecular formula is C21H28N6O4S. The number of hydrogen-bond donors (Lipinski definition) is 2. The largest absolute Gasteiger partial charge is 0.333 e. The van der Waals surface area contributed by atoms with Crippen LogP contribution in [0.1, 0.15) is 61.1 Å². The maximum absolute atomic E-state index is 12.7. The third-order valence-electron chi connectivity index (χ3n) is 4.84. The lowest BCUT2D eigenvalue weighted by Crippen LogP contribution is -2.35. The third-order valence-corrected chi connectivity index (χ3v) is 6.05. The summed E-state index contributed by atoms with van der Waals surface area (Å²) < 4.78 is 28.5. The molecule has 0 aliphatic carbocycles. The number of carbonyl (C=O) groups excluding carboxylic acids is 2. The van der Waals surface area contributed by atoms with E-state index in [9.17, 15) is 18.0 Å². The standard InChI is InChI=1S/C21H28N6O4S/c1-13(2)15-8-7-9-16(14(3)4)19(15)23-21(29)25-32(30,31)18-12-17(27(6)24-18)20(28)26(5)11-10-22/h7-9,12-14H,11H2,1-6H3,(H2,23,25,29). The van der Waals surface area contributed by atoms with Crippen LogP contribution in [0.2, 0.25) is 0 Å².